The molecule has 0 radical (unpaired) electrons. The Balaban J connectivity index is 2.64. The number of hydrogen-bond acceptors (Lipinski definition) is 4. The van der Waals surface area contributed by atoms with Crippen LogP contribution in [-0.2, 0) is 18.6 Å². The minimum Gasteiger partial charge on any atom is -0.507 e. The molecule has 0 saturated carbocycles. The van der Waals surface area contributed by atoms with Gasteiger partial charge < -0.3 is 20.4 Å². The van der Waals surface area contributed by atoms with E-state index in [-0.39, 0.29) is 24.7 Å². The Bertz CT molecular complexity index is 671. The summed E-state index contributed by atoms with van der Waals surface area (Å²) >= 11 is 0. The molecule has 0 aliphatic carbocycles. The maximum atomic E-state index is 10.3. The molecule has 0 heterocycles. The Labute approximate surface area is 136 Å². The number of rotatable bonds is 4. The van der Waals surface area contributed by atoms with E-state index in [1.807, 2.05) is 39.8 Å². The SMILES string of the molecule is Cc1c(C(C)(C)c2ccc(CO)c(O)c2C)ccc(CO)c1O. The second-order valence-electron chi connectivity index (χ2n) is 6.43. The van der Waals surface area contributed by atoms with Crippen molar-refractivity contribution in [2.24, 2.45) is 0 Å². The zero-order chi connectivity index (χ0) is 17.4. The highest BCUT2D eigenvalue weighted by atomic mass is 16.3. The van der Waals surface area contributed by atoms with Gasteiger partial charge in [-0.1, -0.05) is 38.1 Å². The molecule has 0 bridgehead atoms. The lowest BCUT2D eigenvalue weighted by atomic mass is 9.73. The minimum atomic E-state index is -0.453. The van der Waals surface area contributed by atoms with Crippen molar-refractivity contribution in [2.45, 2.75) is 46.3 Å². The van der Waals surface area contributed by atoms with Crippen LogP contribution in [0.3, 0.4) is 0 Å². The van der Waals surface area contributed by atoms with E-state index in [1.54, 1.807) is 12.1 Å². The van der Waals surface area contributed by atoms with Crippen LogP contribution >= 0.6 is 0 Å². The molecule has 0 unspecified atom stereocenters. The van der Waals surface area contributed by atoms with Crippen LogP contribution < -0.4 is 0 Å². The van der Waals surface area contributed by atoms with Crippen molar-refractivity contribution in [3.8, 4) is 11.5 Å². The Morgan fingerprint density at radius 2 is 1.09 bits per heavy atom. The minimum absolute atomic E-state index is 0.104. The molecule has 0 amide bonds. The number of aromatic hydroxyl groups is 2. The Morgan fingerprint density at radius 3 is 1.39 bits per heavy atom. The van der Waals surface area contributed by atoms with Crippen molar-refractivity contribution in [1.82, 2.24) is 0 Å². The van der Waals surface area contributed by atoms with Gasteiger partial charge in [0.2, 0.25) is 0 Å². The quantitative estimate of drug-likeness (QED) is 0.699. The normalized spacial score (nSPS) is 11.7. The highest BCUT2D eigenvalue weighted by Crippen LogP contribution is 2.41. The summed E-state index contributed by atoms with van der Waals surface area (Å²) in [5.41, 5.74) is 3.82. The highest BCUT2D eigenvalue weighted by molar-refractivity contribution is 5.55. The van der Waals surface area contributed by atoms with Crippen molar-refractivity contribution < 1.29 is 20.4 Å². The molecule has 0 saturated heterocycles. The summed E-state index contributed by atoms with van der Waals surface area (Å²) in [4.78, 5) is 0. The first-order valence-electron chi connectivity index (χ1n) is 7.61. The summed E-state index contributed by atoms with van der Waals surface area (Å²) in [6.45, 7) is 7.27. The summed E-state index contributed by atoms with van der Waals surface area (Å²) in [5.74, 6) is 0.207. The van der Waals surface area contributed by atoms with Gasteiger partial charge in [0.05, 0.1) is 13.2 Å². The van der Waals surface area contributed by atoms with E-state index >= 15 is 0 Å². The predicted molar refractivity (Wildman–Crippen MR) is 89.7 cm³/mol. The second kappa shape index (κ2) is 6.22. The van der Waals surface area contributed by atoms with Gasteiger partial charge in [-0.15, -0.1) is 0 Å². The predicted octanol–water partition coefficient (Wildman–Crippen LogP) is 3.03. The molecule has 124 valence electrons. The van der Waals surface area contributed by atoms with Gasteiger partial charge in [0, 0.05) is 16.5 Å². The third-order valence-electron chi connectivity index (χ3n) is 4.72. The zero-order valence-corrected chi connectivity index (χ0v) is 14.0. The first kappa shape index (κ1) is 17.3. The number of hydrogen-bond donors (Lipinski definition) is 4. The third kappa shape index (κ3) is 2.80. The molecular weight excluding hydrogens is 292 g/mol. The van der Waals surface area contributed by atoms with Crippen LogP contribution in [0.25, 0.3) is 0 Å². The van der Waals surface area contributed by atoms with Crippen LogP contribution in [0, 0.1) is 13.8 Å². The number of aliphatic hydroxyl groups is 2. The average Bonchev–Trinajstić information content (AvgIpc) is 2.52. The summed E-state index contributed by atoms with van der Waals surface area (Å²) < 4.78 is 0. The molecule has 23 heavy (non-hydrogen) atoms. The number of phenols is 2. The van der Waals surface area contributed by atoms with E-state index in [1.165, 1.54) is 0 Å². The number of benzene rings is 2. The molecule has 0 fully saturated rings. The van der Waals surface area contributed by atoms with E-state index in [0.717, 1.165) is 11.1 Å². The van der Waals surface area contributed by atoms with Crippen molar-refractivity contribution in [3.63, 3.8) is 0 Å². The fourth-order valence-corrected chi connectivity index (χ4v) is 3.27. The average molecular weight is 316 g/mol. The summed E-state index contributed by atoms with van der Waals surface area (Å²) in [6.07, 6.45) is 0. The number of aliphatic hydroxyl groups excluding tert-OH is 2. The molecule has 2 rings (SSSR count). The summed E-state index contributed by atoms with van der Waals surface area (Å²) in [6, 6.07) is 7.24. The maximum Gasteiger partial charge on any atom is 0.124 e. The molecule has 4 heteroatoms. The molecule has 0 spiro atoms. The fraction of sp³-hybridized carbons (Fsp3) is 0.368. The van der Waals surface area contributed by atoms with Crippen LogP contribution in [0.5, 0.6) is 11.5 Å². The fourth-order valence-electron chi connectivity index (χ4n) is 3.27. The van der Waals surface area contributed by atoms with Gasteiger partial charge in [-0.3, -0.25) is 0 Å². The topological polar surface area (TPSA) is 80.9 Å². The van der Waals surface area contributed by atoms with Crippen LogP contribution in [0.2, 0.25) is 0 Å². The van der Waals surface area contributed by atoms with E-state index in [9.17, 15) is 20.4 Å². The van der Waals surface area contributed by atoms with Gasteiger partial charge in [0.1, 0.15) is 11.5 Å². The zero-order valence-electron chi connectivity index (χ0n) is 14.0. The molecule has 0 aliphatic rings. The highest BCUT2D eigenvalue weighted by Gasteiger charge is 2.29. The molecule has 4 nitrogen and oxygen atoms in total. The van der Waals surface area contributed by atoms with E-state index in [0.29, 0.717) is 22.3 Å². The lowest BCUT2D eigenvalue weighted by molar-refractivity contribution is 0.275. The monoisotopic (exact) mass is 316 g/mol. The van der Waals surface area contributed by atoms with E-state index in [4.69, 9.17) is 0 Å². The second-order valence-corrected chi connectivity index (χ2v) is 6.43. The van der Waals surface area contributed by atoms with Gasteiger partial charge in [0.25, 0.3) is 0 Å². The lowest BCUT2D eigenvalue weighted by Gasteiger charge is -2.31. The Kier molecular flexibility index (Phi) is 4.68. The van der Waals surface area contributed by atoms with E-state index in [2.05, 4.69) is 0 Å². The standard InChI is InChI=1S/C19H24O4/c1-11-15(7-5-13(9-20)17(11)22)19(3,4)16-8-6-14(10-21)18(23)12(16)2/h5-8,20-23H,9-10H2,1-4H3. The molecule has 4 N–H and O–H groups in total. The largest absolute Gasteiger partial charge is 0.507 e. The van der Waals surface area contributed by atoms with Crippen molar-refractivity contribution >= 4 is 0 Å². The smallest absolute Gasteiger partial charge is 0.124 e. The van der Waals surface area contributed by atoms with Crippen molar-refractivity contribution in [3.05, 3.63) is 57.6 Å². The van der Waals surface area contributed by atoms with Gasteiger partial charge in [-0.25, -0.2) is 0 Å². The first-order chi connectivity index (χ1) is 10.8. The maximum absolute atomic E-state index is 10.3. The lowest BCUT2D eigenvalue weighted by Crippen LogP contribution is -2.22. The molecule has 0 aromatic heterocycles. The third-order valence-corrected chi connectivity index (χ3v) is 4.72. The van der Waals surface area contributed by atoms with Gasteiger partial charge in [-0.2, -0.15) is 0 Å². The van der Waals surface area contributed by atoms with Crippen LogP contribution in [0.1, 0.15) is 47.2 Å². The van der Waals surface area contributed by atoms with Crippen molar-refractivity contribution in [1.29, 1.82) is 0 Å². The first-order valence-corrected chi connectivity index (χ1v) is 7.61. The molecule has 0 aliphatic heterocycles. The molecular formula is C19H24O4. The summed E-state index contributed by atoms with van der Waals surface area (Å²) in [5, 5.41) is 39.1. The van der Waals surface area contributed by atoms with Gasteiger partial charge >= 0.3 is 0 Å². The molecule has 2 aromatic rings. The van der Waals surface area contributed by atoms with Crippen LogP contribution in [0.4, 0.5) is 0 Å². The Morgan fingerprint density at radius 1 is 0.739 bits per heavy atom. The summed E-state index contributed by atoms with van der Waals surface area (Å²) in [7, 11) is 0. The van der Waals surface area contributed by atoms with Gasteiger partial charge in [-0.05, 0) is 36.1 Å². The van der Waals surface area contributed by atoms with Gasteiger partial charge in [0.15, 0.2) is 0 Å². The Hall–Kier alpha value is -2.04. The van der Waals surface area contributed by atoms with Crippen LogP contribution in [-0.4, -0.2) is 20.4 Å². The van der Waals surface area contributed by atoms with Crippen molar-refractivity contribution in [2.75, 3.05) is 0 Å². The molecule has 0 atom stereocenters. The van der Waals surface area contributed by atoms with Crippen LogP contribution in [0.15, 0.2) is 24.3 Å². The molecule has 2 aromatic carbocycles. The van der Waals surface area contributed by atoms with E-state index < -0.39 is 5.41 Å².